The van der Waals surface area contributed by atoms with E-state index < -0.39 is 11.6 Å². The Morgan fingerprint density at radius 2 is 1.72 bits per heavy atom. The van der Waals surface area contributed by atoms with Crippen molar-refractivity contribution in [1.82, 2.24) is 0 Å². The lowest BCUT2D eigenvalue weighted by Gasteiger charge is -2.05. The third-order valence-corrected chi connectivity index (χ3v) is 4.17. The molecule has 1 aromatic carbocycles. The predicted octanol–water partition coefficient (Wildman–Crippen LogP) is 4.80. The van der Waals surface area contributed by atoms with E-state index in [1.807, 2.05) is 0 Å². The predicted molar refractivity (Wildman–Crippen MR) is 97.0 cm³/mol. The first-order valence-electron chi connectivity index (χ1n) is 9.06. The summed E-state index contributed by atoms with van der Waals surface area (Å²) in [6.07, 6.45) is 9.28. The Morgan fingerprint density at radius 1 is 1.04 bits per heavy atom. The smallest absolute Gasteiger partial charge is 0.351 e. The van der Waals surface area contributed by atoms with Gasteiger partial charge in [0.05, 0.1) is 6.61 Å². The highest BCUT2D eigenvalue weighted by molar-refractivity contribution is 5.93. The zero-order valence-corrected chi connectivity index (χ0v) is 14.8. The van der Waals surface area contributed by atoms with Crippen molar-refractivity contribution in [2.24, 2.45) is 0 Å². The van der Waals surface area contributed by atoms with E-state index in [1.165, 1.54) is 50.3 Å². The number of carbonyl (C=O) groups is 1. The van der Waals surface area contributed by atoms with Crippen LogP contribution < -0.4 is 5.63 Å². The zero-order valence-electron chi connectivity index (χ0n) is 14.8. The molecule has 0 aliphatic carbocycles. The van der Waals surface area contributed by atoms with Crippen LogP contribution in [-0.2, 0) is 4.74 Å². The van der Waals surface area contributed by atoms with E-state index in [-0.39, 0.29) is 16.9 Å². The van der Waals surface area contributed by atoms with Crippen LogP contribution >= 0.6 is 0 Å². The number of ether oxygens (including phenoxy) is 1. The van der Waals surface area contributed by atoms with Crippen molar-refractivity contribution in [2.75, 3.05) is 6.61 Å². The number of hydrogen-bond acceptors (Lipinski definition) is 5. The molecule has 2 aromatic rings. The van der Waals surface area contributed by atoms with E-state index in [9.17, 15) is 14.7 Å². The second-order valence-electron chi connectivity index (χ2n) is 6.28. The summed E-state index contributed by atoms with van der Waals surface area (Å²) in [6.45, 7) is 2.51. The molecule has 0 saturated carbocycles. The van der Waals surface area contributed by atoms with Crippen molar-refractivity contribution in [3.63, 3.8) is 0 Å². The van der Waals surface area contributed by atoms with Gasteiger partial charge in [-0.3, -0.25) is 0 Å². The molecule has 0 saturated heterocycles. The van der Waals surface area contributed by atoms with Crippen LogP contribution in [0.5, 0.6) is 5.75 Å². The van der Waals surface area contributed by atoms with Crippen LogP contribution in [-0.4, -0.2) is 17.7 Å². The van der Waals surface area contributed by atoms with Crippen LogP contribution in [0.4, 0.5) is 0 Å². The third-order valence-electron chi connectivity index (χ3n) is 4.17. The van der Waals surface area contributed by atoms with Crippen molar-refractivity contribution in [3.05, 3.63) is 40.2 Å². The molecule has 0 unspecified atom stereocenters. The van der Waals surface area contributed by atoms with Gasteiger partial charge in [0, 0.05) is 11.5 Å². The molecule has 5 nitrogen and oxygen atoms in total. The molecule has 2 rings (SSSR count). The van der Waals surface area contributed by atoms with Crippen LogP contribution in [0.1, 0.15) is 68.6 Å². The summed E-state index contributed by atoms with van der Waals surface area (Å²) in [6, 6.07) is 5.84. The fourth-order valence-corrected chi connectivity index (χ4v) is 2.72. The maximum atomic E-state index is 12.1. The number of aromatic hydroxyl groups is 1. The first kappa shape index (κ1) is 19.0. The Hall–Kier alpha value is -2.30. The summed E-state index contributed by atoms with van der Waals surface area (Å²) in [5.74, 6) is -0.660. The molecular weight excluding hydrogens is 320 g/mol. The van der Waals surface area contributed by atoms with Crippen LogP contribution in [0.3, 0.4) is 0 Å². The lowest BCUT2D eigenvalue weighted by molar-refractivity contribution is 0.0493. The van der Waals surface area contributed by atoms with Crippen LogP contribution in [0.15, 0.2) is 33.5 Å². The number of rotatable bonds is 10. The van der Waals surface area contributed by atoms with Gasteiger partial charge < -0.3 is 14.3 Å². The standard InChI is InChI=1S/C20H26O5/c1-2-3-4-5-6-7-8-9-12-24-19(22)17-13-15-10-11-16(21)14-18(15)25-20(17)23/h10-11,13-14,21H,2-9,12H2,1H3. The monoisotopic (exact) mass is 346 g/mol. The van der Waals surface area contributed by atoms with Crippen molar-refractivity contribution in [1.29, 1.82) is 0 Å². The molecule has 0 radical (unpaired) electrons. The molecule has 0 atom stereocenters. The Balaban J connectivity index is 1.77. The molecule has 0 aliphatic heterocycles. The van der Waals surface area contributed by atoms with E-state index in [1.54, 1.807) is 6.07 Å². The van der Waals surface area contributed by atoms with Gasteiger partial charge in [-0.05, 0) is 24.6 Å². The Labute approximate surface area is 147 Å². The van der Waals surface area contributed by atoms with Crippen molar-refractivity contribution in [2.45, 2.75) is 58.3 Å². The maximum absolute atomic E-state index is 12.1. The number of hydrogen-bond donors (Lipinski definition) is 1. The summed E-state index contributed by atoms with van der Waals surface area (Å²) < 4.78 is 10.2. The third kappa shape index (κ3) is 5.93. The van der Waals surface area contributed by atoms with Gasteiger partial charge in [0.25, 0.3) is 0 Å². The molecule has 5 heteroatoms. The second-order valence-corrected chi connectivity index (χ2v) is 6.28. The zero-order chi connectivity index (χ0) is 18.1. The van der Waals surface area contributed by atoms with Gasteiger partial charge in [0.2, 0.25) is 0 Å². The molecule has 1 aromatic heterocycles. The number of benzene rings is 1. The molecule has 25 heavy (non-hydrogen) atoms. The van der Waals surface area contributed by atoms with Crippen molar-refractivity contribution in [3.8, 4) is 5.75 Å². The summed E-state index contributed by atoms with van der Waals surface area (Å²) >= 11 is 0. The van der Waals surface area contributed by atoms with E-state index in [2.05, 4.69) is 6.92 Å². The average Bonchev–Trinajstić information content (AvgIpc) is 2.59. The van der Waals surface area contributed by atoms with Crippen LogP contribution in [0.25, 0.3) is 11.0 Å². The summed E-state index contributed by atoms with van der Waals surface area (Å²) in [5, 5.41) is 9.96. The molecule has 0 amide bonds. The highest BCUT2D eigenvalue weighted by Crippen LogP contribution is 2.19. The van der Waals surface area contributed by atoms with Gasteiger partial charge in [-0.2, -0.15) is 0 Å². The van der Waals surface area contributed by atoms with Gasteiger partial charge in [0.15, 0.2) is 0 Å². The molecule has 0 fully saturated rings. The molecule has 1 heterocycles. The Bertz CT molecular complexity index is 747. The average molecular weight is 346 g/mol. The second kappa shape index (κ2) is 9.87. The number of carbonyl (C=O) groups excluding carboxylic acids is 1. The van der Waals surface area contributed by atoms with Gasteiger partial charge in [0.1, 0.15) is 16.9 Å². The highest BCUT2D eigenvalue weighted by Gasteiger charge is 2.15. The molecule has 0 bridgehead atoms. The van der Waals surface area contributed by atoms with E-state index in [0.717, 1.165) is 19.3 Å². The molecule has 1 N–H and O–H groups in total. The lowest BCUT2D eigenvalue weighted by atomic mass is 10.1. The molecule has 0 spiro atoms. The number of unbranched alkanes of at least 4 members (excludes halogenated alkanes) is 7. The molecule has 0 aliphatic rings. The minimum absolute atomic E-state index is 0.000621. The largest absolute Gasteiger partial charge is 0.508 e. The SMILES string of the molecule is CCCCCCCCCCOC(=O)c1cc2ccc(O)cc2oc1=O. The van der Waals surface area contributed by atoms with E-state index in [0.29, 0.717) is 12.0 Å². The minimum atomic E-state index is -0.751. The maximum Gasteiger partial charge on any atom is 0.351 e. The normalized spacial score (nSPS) is 10.9. The fourth-order valence-electron chi connectivity index (χ4n) is 2.72. The fraction of sp³-hybridized carbons (Fsp3) is 0.500. The van der Waals surface area contributed by atoms with Crippen molar-refractivity contribution < 1.29 is 19.1 Å². The van der Waals surface area contributed by atoms with Gasteiger partial charge in [-0.1, -0.05) is 51.9 Å². The quantitative estimate of drug-likeness (QED) is 0.380. The van der Waals surface area contributed by atoms with Gasteiger partial charge in [-0.25, -0.2) is 9.59 Å². The summed E-state index contributed by atoms with van der Waals surface area (Å²) in [4.78, 5) is 23.9. The summed E-state index contributed by atoms with van der Waals surface area (Å²) in [5.41, 5.74) is -0.624. The topological polar surface area (TPSA) is 76.7 Å². The Morgan fingerprint density at radius 3 is 2.44 bits per heavy atom. The number of fused-ring (bicyclic) bond motifs is 1. The van der Waals surface area contributed by atoms with Gasteiger partial charge in [-0.15, -0.1) is 0 Å². The molecule has 136 valence electrons. The lowest BCUT2D eigenvalue weighted by Crippen LogP contribution is -2.17. The Kier molecular flexibility index (Phi) is 7.51. The molecular formula is C20H26O5. The minimum Gasteiger partial charge on any atom is -0.508 e. The number of phenols is 1. The number of phenolic OH excluding ortho intramolecular Hbond substituents is 1. The van der Waals surface area contributed by atoms with Crippen molar-refractivity contribution >= 4 is 16.9 Å². The van der Waals surface area contributed by atoms with Gasteiger partial charge >= 0.3 is 11.6 Å². The first-order chi connectivity index (χ1) is 12.1. The highest BCUT2D eigenvalue weighted by atomic mass is 16.5. The number of esters is 1. The summed E-state index contributed by atoms with van der Waals surface area (Å²) in [7, 11) is 0. The van der Waals surface area contributed by atoms with Crippen LogP contribution in [0.2, 0.25) is 0 Å². The first-order valence-corrected chi connectivity index (χ1v) is 9.06. The van der Waals surface area contributed by atoms with Crippen LogP contribution in [0, 0.1) is 0 Å². The van der Waals surface area contributed by atoms with E-state index >= 15 is 0 Å². The van der Waals surface area contributed by atoms with E-state index in [4.69, 9.17) is 9.15 Å².